The highest BCUT2D eigenvalue weighted by atomic mass is 35.5. The van der Waals surface area contributed by atoms with Crippen LogP contribution in [0.25, 0.3) is 0 Å². The summed E-state index contributed by atoms with van der Waals surface area (Å²) in [7, 11) is 5.03. The van der Waals surface area contributed by atoms with Gasteiger partial charge in [-0.2, -0.15) is 0 Å². The SMILES string of the molecule is COC(=O)c1cc(C(=O)c2ccc(N(C)c3ccc(Cl)cc3)cn2)cc(N(C)c2cccc(Cl)c2)c1. The number of benzene rings is 3. The van der Waals surface area contributed by atoms with Crippen molar-refractivity contribution in [1.82, 2.24) is 4.98 Å². The second-order valence-electron chi connectivity index (χ2n) is 8.07. The number of ketones is 1. The van der Waals surface area contributed by atoms with Crippen LogP contribution < -0.4 is 9.80 Å². The maximum Gasteiger partial charge on any atom is 0.337 e. The topological polar surface area (TPSA) is 62.7 Å². The van der Waals surface area contributed by atoms with E-state index in [1.807, 2.05) is 66.4 Å². The Labute approximate surface area is 219 Å². The molecule has 0 aliphatic rings. The molecule has 6 nitrogen and oxygen atoms in total. The fourth-order valence-electron chi connectivity index (χ4n) is 3.69. The molecule has 0 bridgehead atoms. The van der Waals surface area contributed by atoms with Crippen LogP contribution in [0.5, 0.6) is 0 Å². The van der Waals surface area contributed by atoms with Crippen LogP contribution in [0.2, 0.25) is 10.0 Å². The van der Waals surface area contributed by atoms with E-state index in [9.17, 15) is 9.59 Å². The summed E-state index contributed by atoms with van der Waals surface area (Å²) >= 11 is 12.1. The third-order valence-corrected chi connectivity index (χ3v) is 6.25. The van der Waals surface area contributed by atoms with Gasteiger partial charge in [0.15, 0.2) is 0 Å². The predicted octanol–water partition coefficient (Wildman–Crippen LogP) is 6.94. The molecule has 3 aromatic carbocycles. The van der Waals surface area contributed by atoms with Gasteiger partial charge in [-0.1, -0.05) is 29.3 Å². The highest BCUT2D eigenvalue weighted by Gasteiger charge is 2.18. The van der Waals surface area contributed by atoms with Crippen molar-refractivity contribution in [2.75, 3.05) is 31.0 Å². The van der Waals surface area contributed by atoms with Crippen molar-refractivity contribution in [2.24, 2.45) is 0 Å². The first kappa shape index (κ1) is 25.2. The molecule has 0 aliphatic carbocycles. The van der Waals surface area contributed by atoms with Gasteiger partial charge in [0.2, 0.25) is 5.78 Å². The molecule has 0 amide bonds. The van der Waals surface area contributed by atoms with Gasteiger partial charge in [0, 0.05) is 46.8 Å². The lowest BCUT2D eigenvalue weighted by Gasteiger charge is -2.21. The Morgan fingerprint density at radius 1 is 0.722 bits per heavy atom. The minimum atomic E-state index is -0.543. The number of hydrogen-bond acceptors (Lipinski definition) is 6. The van der Waals surface area contributed by atoms with E-state index < -0.39 is 5.97 Å². The van der Waals surface area contributed by atoms with Crippen LogP contribution in [0, 0.1) is 0 Å². The van der Waals surface area contributed by atoms with Crippen LogP contribution in [0.15, 0.2) is 85.1 Å². The number of esters is 1. The van der Waals surface area contributed by atoms with E-state index in [0.717, 1.165) is 17.1 Å². The maximum atomic E-state index is 13.4. The molecule has 0 saturated carbocycles. The van der Waals surface area contributed by atoms with Crippen LogP contribution in [0.1, 0.15) is 26.4 Å². The van der Waals surface area contributed by atoms with Crippen molar-refractivity contribution in [3.05, 3.63) is 112 Å². The van der Waals surface area contributed by atoms with E-state index in [4.69, 9.17) is 27.9 Å². The molecule has 8 heteroatoms. The number of aromatic nitrogens is 1. The molecule has 0 saturated heterocycles. The average Bonchev–Trinajstić information content (AvgIpc) is 2.91. The lowest BCUT2D eigenvalue weighted by Crippen LogP contribution is -2.14. The third-order valence-electron chi connectivity index (χ3n) is 5.77. The zero-order valence-electron chi connectivity index (χ0n) is 19.9. The summed E-state index contributed by atoms with van der Waals surface area (Å²) in [6, 6.07) is 23.1. The minimum Gasteiger partial charge on any atom is -0.465 e. The first-order valence-corrected chi connectivity index (χ1v) is 11.7. The van der Waals surface area contributed by atoms with Gasteiger partial charge in [0.25, 0.3) is 0 Å². The molecule has 4 aromatic rings. The maximum absolute atomic E-state index is 13.4. The number of carbonyl (C=O) groups excluding carboxylic acids is 2. The summed E-state index contributed by atoms with van der Waals surface area (Å²) < 4.78 is 4.91. The van der Waals surface area contributed by atoms with E-state index in [1.165, 1.54) is 13.2 Å². The lowest BCUT2D eigenvalue weighted by atomic mass is 10.0. The molecular formula is C28H23Cl2N3O3. The van der Waals surface area contributed by atoms with E-state index in [2.05, 4.69) is 4.98 Å². The molecule has 0 N–H and O–H groups in total. The smallest absolute Gasteiger partial charge is 0.337 e. The van der Waals surface area contributed by atoms with Crippen molar-refractivity contribution in [2.45, 2.75) is 0 Å². The van der Waals surface area contributed by atoms with Gasteiger partial charge in [0.1, 0.15) is 5.69 Å². The number of ether oxygens (including phenoxy) is 1. The Kier molecular flexibility index (Phi) is 7.58. The van der Waals surface area contributed by atoms with Crippen LogP contribution in [0.4, 0.5) is 22.7 Å². The number of hydrogen-bond donors (Lipinski definition) is 0. The van der Waals surface area contributed by atoms with Gasteiger partial charge in [-0.3, -0.25) is 9.78 Å². The molecule has 0 aliphatic heterocycles. The van der Waals surface area contributed by atoms with Gasteiger partial charge in [-0.25, -0.2) is 4.79 Å². The first-order valence-electron chi connectivity index (χ1n) is 11.0. The van der Waals surface area contributed by atoms with Crippen molar-refractivity contribution >= 4 is 57.7 Å². The molecule has 1 heterocycles. The predicted molar refractivity (Wildman–Crippen MR) is 144 cm³/mol. The van der Waals surface area contributed by atoms with Gasteiger partial charge in [-0.15, -0.1) is 0 Å². The number of anilines is 4. The highest BCUT2D eigenvalue weighted by Crippen LogP contribution is 2.29. The summed E-state index contributed by atoms with van der Waals surface area (Å²) in [6.07, 6.45) is 1.63. The van der Waals surface area contributed by atoms with Crippen molar-refractivity contribution in [3.8, 4) is 0 Å². The number of pyridine rings is 1. The molecule has 36 heavy (non-hydrogen) atoms. The largest absolute Gasteiger partial charge is 0.465 e. The second kappa shape index (κ2) is 10.8. The van der Waals surface area contributed by atoms with E-state index in [-0.39, 0.29) is 17.0 Å². The van der Waals surface area contributed by atoms with Gasteiger partial charge >= 0.3 is 5.97 Å². The Hall–Kier alpha value is -3.87. The molecule has 0 unspecified atom stereocenters. The van der Waals surface area contributed by atoms with Crippen LogP contribution in [-0.4, -0.2) is 37.9 Å². The third kappa shape index (κ3) is 5.51. The molecule has 4 rings (SSSR count). The summed E-state index contributed by atoms with van der Waals surface area (Å²) in [6.45, 7) is 0. The standard InChI is InChI=1S/C28H23Cl2N3O3/c1-32(22-9-7-20(29)8-10-22)24-11-12-26(31-17-24)27(34)18-13-19(28(35)36-3)15-25(14-18)33(2)23-6-4-5-21(30)16-23/h4-17H,1-3H3. The molecule has 1 aromatic heterocycles. The Morgan fingerprint density at radius 2 is 1.39 bits per heavy atom. The monoisotopic (exact) mass is 519 g/mol. The van der Waals surface area contributed by atoms with E-state index in [1.54, 1.807) is 36.5 Å². The number of halogens is 2. The number of nitrogens with zero attached hydrogens (tertiary/aromatic N) is 3. The Bertz CT molecular complexity index is 1410. The van der Waals surface area contributed by atoms with E-state index in [0.29, 0.717) is 21.3 Å². The molecule has 0 fully saturated rings. The Balaban J connectivity index is 1.66. The fraction of sp³-hybridized carbons (Fsp3) is 0.107. The quantitative estimate of drug-likeness (QED) is 0.194. The molecule has 0 spiro atoms. The van der Waals surface area contributed by atoms with Gasteiger partial charge < -0.3 is 14.5 Å². The molecule has 182 valence electrons. The van der Waals surface area contributed by atoms with Gasteiger partial charge in [-0.05, 0) is 72.8 Å². The van der Waals surface area contributed by atoms with Crippen molar-refractivity contribution in [1.29, 1.82) is 0 Å². The summed E-state index contributed by atoms with van der Waals surface area (Å²) in [5.74, 6) is -0.861. The lowest BCUT2D eigenvalue weighted by molar-refractivity contribution is 0.0600. The Morgan fingerprint density at radius 3 is 2.03 bits per heavy atom. The number of carbonyl (C=O) groups is 2. The van der Waals surface area contributed by atoms with Crippen LogP contribution in [0.3, 0.4) is 0 Å². The number of rotatable bonds is 7. The average molecular weight is 520 g/mol. The number of methoxy groups -OCH3 is 1. The fourth-order valence-corrected chi connectivity index (χ4v) is 4.00. The van der Waals surface area contributed by atoms with E-state index >= 15 is 0 Å². The normalized spacial score (nSPS) is 10.6. The van der Waals surface area contributed by atoms with Crippen molar-refractivity contribution < 1.29 is 14.3 Å². The highest BCUT2D eigenvalue weighted by molar-refractivity contribution is 6.31. The summed E-state index contributed by atoms with van der Waals surface area (Å²) in [5, 5.41) is 1.23. The minimum absolute atomic E-state index is 0.252. The zero-order chi connectivity index (χ0) is 25.8. The first-order chi connectivity index (χ1) is 17.3. The van der Waals surface area contributed by atoms with Crippen molar-refractivity contribution in [3.63, 3.8) is 0 Å². The van der Waals surface area contributed by atoms with Crippen LogP contribution in [-0.2, 0) is 4.74 Å². The van der Waals surface area contributed by atoms with Crippen LogP contribution >= 0.6 is 23.2 Å². The molecule has 0 radical (unpaired) electrons. The summed E-state index contributed by atoms with van der Waals surface area (Å²) in [4.78, 5) is 33.9. The molecule has 0 atom stereocenters. The summed E-state index contributed by atoms with van der Waals surface area (Å²) in [5.41, 5.74) is 3.98. The molecular weight excluding hydrogens is 497 g/mol. The zero-order valence-corrected chi connectivity index (χ0v) is 21.4. The second-order valence-corrected chi connectivity index (χ2v) is 8.94. The van der Waals surface area contributed by atoms with Gasteiger partial charge in [0.05, 0.1) is 24.6 Å².